The third kappa shape index (κ3) is 22.9. The number of unbranched alkanes of at least 4 members (excludes halogenated alkanes) is 2. The van der Waals surface area contributed by atoms with Gasteiger partial charge in [-0.25, -0.2) is 4.57 Å². The van der Waals surface area contributed by atoms with E-state index in [1.165, 1.54) is 30.0 Å². The molecule has 5 rings (SSSR count). The molecule has 18 nitrogen and oxygen atoms in total. The fourth-order valence-electron chi connectivity index (χ4n) is 10.7. The molecule has 1 aromatic heterocycles. The van der Waals surface area contributed by atoms with Gasteiger partial charge in [0.1, 0.15) is 28.8 Å². The Hall–Kier alpha value is -5.72. The molecule has 81 heavy (non-hydrogen) atoms. The number of nitrogens with one attached hydrogen (secondary N) is 2. The van der Waals surface area contributed by atoms with E-state index in [-0.39, 0.29) is 72.2 Å². The normalized spacial score (nSPS) is 14.4. The molecule has 20 heteroatoms. The molecule has 4 aromatic rings. The standard InChI is InChI=1S/C61H88ClN6O12P/c1-6-67(44-49-18-11-17-45(2)66(49)5)36-12-20-58(73)63-32-10-9-29-61(31-15-34-65(4)35-16-38-80-81(76,77)78,30-14-33-64-59(74)21-13-37-79-54-40-52(71)39-53(72)41-54)28-8-7-19-50(69)42-55-46(3)68(57-27-26-51(70)43-56(55)57)60(75)47-22-24-48(62)25-23-47/h11,17-18,22-27,39-41,43,45,70-72H,6-10,12-16,19-21,28-38,42,44H2,1-5H3,(H,63,73)(H,64,74)(H2,76,77,78). The Kier molecular flexibility index (Phi) is 27.3. The second-order valence-electron chi connectivity index (χ2n) is 21.7. The van der Waals surface area contributed by atoms with Gasteiger partial charge in [-0.1, -0.05) is 43.5 Å². The Morgan fingerprint density at radius 2 is 1.40 bits per heavy atom. The van der Waals surface area contributed by atoms with Gasteiger partial charge in [-0.2, -0.15) is 0 Å². The van der Waals surface area contributed by atoms with E-state index in [4.69, 9.17) is 26.1 Å². The SMILES string of the molecule is CCN(CCCC(=O)NCCCCC(CCCCC(=O)Cc1c(C)n(C(=O)c2ccc(Cl)cc2)c2ccc(O)cc12)(CCCNC(=O)CCCOc1cc(O)cc(O)c1)CCCN(C)CCCOP(=O)(O)O)CC1=CC=CC(C)N1C. The fourth-order valence-corrected chi connectivity index (χ4v) is 11.2. The summed E-state index contributed by atoms with van der Waals surface area (Å²) in [7, 11) is -0.477. The number of aromatic hydroxyl groups is 3. The number of Topliss-reactive ketones (excluding diaryl/α,β-unsaturated/α-hetero) is 1. The second-order valence-corrected chi connectivity index (χ2v) is 23.4. The van der Waals surface area contributed by atoms with Gasteiger partial charge in [0, 0.05) is 111 Å². The topological polar surface area (TPSA) is 244 Å². The Balaban J connectivity index is 1.23. The average molecular weight is 1160 g/mol. The zero-order chi connectivity index (χ0) is 59.0. The van der Waals surface area contributed by atoms with Crippen LogP contribution in [-0.2, 0) is 29.9 Å². The number of hydrogen-bond acceptors (Lipinski definition) is 13. The van der Waals surface area contributed by atoms with E-state index in [0.29, 0.717) is 103 Å². The number of likely N-dealkylation sites (N-methyl/N-ethyl adjacent to an activating group) is 2. The predicted molar refractivity (Wildman–Crippen MR) is 318 cm³/mol. The van der Waals surface area contributed by atoms with E-state index < -0.39 is 7.82 Å². The van der Waals surface area contributed by atoms with Crippen LogP contribution in [0, 0.1) is 12.3 Å². The molecule has 7 N–H and O–H groups in total. The first-order chi connectivity index (χ1) is 38.7. The van der Waals surface area contributed by atoms with Crippen LogP contribution in [0.2, 0.25) is 5.02 Å². The van der Waals surface area contributed by atoms with Gasteiger partial charge < -0.3 is 50.3 Å². The van der Waals surface area contributed by atoms with Crippen molar-refractivity contribution in [3.05, 3.63) is 106 Å². The van der Waals surface area contributed by atoms with Gasteiger partial charge in [0.15, 0.2) is 0 Å². The molecule has 446 valence electrons. The number of ether oxygens (including phenoxy) is 1. The van der Waals surface area contributed by atoms with Crippen LogP contribution in [0.25, 0.3) is 10.9 Å². The maximum atomic E-state index is 14.0. The van der Waals surface area contributed by atoms with E-state index in [9.17, 15) is 39.1 Å². The van der Waals surface area contributed by atoms with Gasteiger partial charge in [-0.15, -0.1) is 0 Å². The fraction of sp³-hybridized carbons (Fsp3) is 0.541. The van der Waals surface area contributed by atoms with Gasteiger partial charge in [-0.05, 0) is 171 Å². The van der Waals surface area contributed by atoms with Crippen LogP contribution in [-0.4, -0.2) is 147 Å². The molecule has 0 bridgehead atoms. The van der Waals surface area contributed by atoms with Gasteiger partial charge in [0.25, 0.3) is 5.91 Å². The number of benzene rings is 3. The van der Waals surface area contributed by atoms with Crippen molar-refractivity contribution in [2.45, 2.75) is 136 Å². The molecule has 0 saturated carbocycles. The van der Waals surface area contributed by atoms with Crippen molar-refractivity contribution in [3.63, 3.8) is 0 Å². The highest BCUT2D eigenvalue weighted by Crippen LogP contribution is 2.41. The summed E-state index contributed by atoms with van der Waals surface area (Å²) in [5, 5.41) is 37.5. The lowest BCUT2D eigenvalue weighted by molar-refractivity contribution is -0.122. The number of phosphoric acid groups is 1. The van der Waals surface area contributed by atoms with E-state index in [0.717, 1.165) is 84.0 Å². The Morgan fingerprint density at radius 1 is 0.753 bits per heavy atom. The number of phosphoric ester groups is 1. The minimum absolute atomic E-state index is 0.0157. The Labute approximate surface area is 483 Å². The van der Waals surface area contributed by atoms with E-state index in [1.54, 1.807) is 41.0 Å². The molecule has 2 atom stereocenters. The number of amides is 2. The molecular weight excluding hydrogens is 1080 g/mol. The molecule has 2 amide bonds. The predicted octanol–water partition coefficient (Wildman–Crippen LogP) is 10.2. The van der Waals surface area contributed by atoms with Crippen molar-refractivity contribution in [3.8, 4) is 23.0 Å². The number of aromatic nitrogens is 1. The van der Waals surface area contributed by atoms with Crippen LogP contribution in [0.4, 0.5) is 0 Å². The van der Waals surface area contributed by atoms with E-state index in [1.807, 2.05) is 14.0 Å². The quantitative estimate of drug-likeness (QED) is 0.0163. The molecule has 0 aliphatic carbocycles. The van der Waals surface area contributed by atoms with Gasteiger partial charge in [0.05, 0.1) is 18.7 Å². The molecule has 2 heterocycles. The summed E-state index contributed by atoms with van der Waals surface area (Å²) in [5.74, 6) is -0.249. The Morgan fingerprint density at radius 3 is 2.09 bits per heavy atom. The molecule has 0 radical (unpaired) electrons. The number of allylic oxidation sites excluding steroid dienone is 2. The molecule has 0 fully saturated rings. The van der Waals surface area contributed by atoms with Crippen LogP contribution in [0.3, 0.4) is 0 Å². The summed E-state index contributed by atoms with van der Waals surface area (Å²) >= 11 is 6.12. The number of phenolic OH excluding ortho intramolecular Hbond substituents is 3. The first kappa shape index (κ1) is 66.1. The third-order valence-electron chi connectivity index (χ3n) is 15.4. The summed E-state index contributed by atoms with van der Waals surface area (Å²) in [5.41, 5.74) is 3.43. The second kappa shape index (κ2) is 33.4. The van der Waals surface area contributed by atoms with Crippen molar-refractivity contribution in [1.29, 1.82) is 0 Å². The first-order valence-electron chi connectivity index (χ1n) is 28.7. The summed E-state index contributed by atoms with van der Waals surface area (Å²) in [6.45, 7) is 11.1. The third-order valence-corrected chi connectivity index (χ3v) is 16.2. The molecule has 3 aromatic carbocycles. The highest BCUT2D eigenvalue weighted by Gasteiger charge is 2.30. The van der Waals surface area contributed by atoms with Gasteiger partial charge in [-0.3, -0.25) is 33.2 Å². The first-order valence-corrected chi connectivity index (χ1v) is 30.6. The Bertz CT molecular complexity index is 2760. The summed E-state index contributed by atoms with van der Waals surface area (Å²) < 4.78 is 23.2. The largest absolute Gasteiger partial charge is 0.508 e. The van der Waals surface area contributed by atoms with Crippen LogP contribution in [0.15, 0.2) is 84.6 Å². The van der Waals surface area contributed by atoms with Gasteiger partial charge >= 0.3 is 7.82 Å². The summed E-state index contributed by atoms with van der Waals surface area (Å²) in [6.07, 6.45) is 17.0. The summed E-state index contributed by atoms with van der Waals surface area (Å²) in [4.78, 5) is 79.1. The zero-order valence-electron chi connectivity index (χ0n) is 48.2. The number of halogens is 1. The molecule has 1 aliphatic heterocycles. The lowest BCUT2D eigenvalue weighted by Gasteiger charge is -2.35. The molecular formula is C61H88ClN6O12P. The van der Waals surface area contributed by atoms with Crippen molar-refractivity contribution in [1.82, 2.24) is 29.9 Å². The van der Waals surface area contributed by atoms with Gasteiger partial charge in [0.2, 0.25) is 11.8 Å². The molecule has 2 unspecified atom stereocenters. The number of carbonyl (C=O) groups excluding carboxylic acids is 4. The van der Waals surface area contributed by atoms with Crippen molar-refractivity contribution < 1.29 is 58.1 Å². The molecule has 1 aliphatic rings. The highest BCUT2D eigenvalue weighted by atomic mass is 35.5. The number of rotatable bonds is 38. The van der Waals surface area contributed by atoms with Crippen molar-refractivity contribution in [2.24, 2.45) is 5.41 Å². The average Bonchev–Trinajstić information content (AvgIpc) is 3.99. The monoisotopic (exact) mass is 1160 g/mol. The number of hydrogen-bond donors (Lipinski definition) is 7. The minimum atomic E-state index is -4.56. The summed E-state index contributed by atoms with van der Waals surface area (Å²) in [6, 6.07) is 15.8. The zero-order valence-corrected chi connectivity index (χ0v) is 49.8. The van der Waals surface area contributed by atoms with Crippen LogP contribution < -0.4 is 15.4 Å². The van der Waals surface area contributed by atoms with Crippen molar-refractivity contribution in [2.75, 3.05) is 73.1 Å². The molecule has 0 spiro atoms. The number of fused-ring (bicyclic) bond motifs is 1. The maximum Gasteiger partial charge on any atom is 0.469 e. The van der Waals surface area contributed by atoms with Crippen molar-refractivity contribution >= 4 is 53.8 Å². The number of ketones is 1. The minimum Gasteiger partial charge on any atom is -0.508 e. The van der Waals surface area contributed by atoms with E-state index >= 15 is 0 Å². The van der Waals surface area contributed by atoms with E-state index in [2.05, 4.69) is 69.0 Å². The number of nitrogens with zero attached hydrogens (tertiary/aromatic N) is 4. The lowest BCUT2D eigenvalue weighted by atomic mass is 9.71. The van der Waals surface area contributed by atoms with Crippen LogP contribution in [0.1, 0.15) is 138 Å². The maximum absolute atomic E-state index is 14.0. The number of carbonyl (C=O) groups is 4. The van der Waals surface area contributed by atoms with Crippen LogP contribution in [0.5, 0.6) is 23.0 Å². The van der Waals surface area contributed by atoms with Crippen LogP contribution >= 0.6 is 19.4 Å². The number of phenols is 3. The highest BCUT2D eigenvalue weighted by molar-refractivity contribution is 7.46. The smallest absolute Gasteiger partial charge is 0.469 e. The molecule has 0 saturated heterocycles. The lowest BCUT2D eigenvalue weighted by Crippen LogP contribution is -2.36.